The highest BCUT2D eigenvalue weighted by molar-refractivity contribution is 4.61. The molecule has 0 unspecified atom stereocenters. The highest BCUT2D eigenvalue weighted by Gasteiger charge is 2.08. The molecule has 0 aliphatic rings. The molecule has 0 aliphatic carbocycles. The van der Waals surface area contributed by atoms with Gasteiger partial charge in [0.1, 0.15) is 6.10 Å². The van der Waals surface area contributed by atoms with Gasteiger partial charge in [-0.05, 0) is 30.1 Å². The molecule has 0 spiro atoms. The van der Waals surface area contributed by atoms with Crippen LogP contribution in [-0.2, 0) is 4.74 Å². The maximum absolute atomic E-state index is 9.22. The number of aliphatic hydroxyl groups is 2. The lowest BCUT2D eigenvalue weighted by molar-refractivity contribution is 0.00294. The number of aliphatic hydroxyl groups excluding tert-OH is 2. The van der Waals surface area contributed by atoms with Crippen molar-refractivity contribution >= 4 is 0 Å². The Morgan fingerprint density at radius 2 is 1.08 bits per heavy atom. The van der Waals surface area contributed by atoms with Crippen LogP contribution in [0, 0.1) is 23.7 Å². The summed E-state index contributed by atoms with van der Waals surface area (Å²) in [6, 6.07) is 0. The third-order valence-electron chi connectivity index (χ3n) is 5.54. The van der Waals surface area contributed by atoms with Crippen molar-refractivity contribution in [2.75, 3.05) is 19.8 Å². The van der Waals surface area contributed by atoms with Gasteiger partial charge < -0.3 is 14.9 Å². The second kappa shape index (κ2) is 17.0. The monoisotopic (exact) mass is 372 g/mol. The first-order chi connectivity index (χ1) is 12.3. The van der Waals surface area contributed by atoms with Crippen LogP contribution in [-0.4, -0.2) is 36.1 Å². The largest absolute Gasteiger partial charge is 0.394 e. The van der Waals surface area contributed by atoms with E-state index in [0.717, 1.165) is 24.2 Å². The van der Waals surface area contributed by atoms with Crippen molar-refractivity contribution in [2.24, 2.45) is 23.7 Å². The maximum Gasteiger partial charge on any atom is 0.100 e. The summed E-state index contributed by atoms with van der Waals surface area (Å²) in [6.07, 6.45) is 12.6. The molecule has 0 saturated heterocycles. The average molecular weight is 373 g/mol. The lowest BCUT2D eigenvalue weighted by Gasteiger charge is -2.16. The number of hydrogen-bond donors (Lipinski definition) is 2. The first kappa shape index (κ1) is 25.9. The molecule has 0 amide bonds. The molecule has 0 fully saturated rings. The van der Waals surface area contributed by atoms with Crippen LogP contribution in [0.3, 0.4) is 0 Å². The van der Waals surface area contributed by atoms with E-state index >= 15 is 0 Å². The van der Waals surface area contributed by atoms with Crippen molar-refractivity contribution in [3.05, 3.63) is 0 Å². The first-order valence-corrected chi connectivity index (χ1v) is 11.2. The molecule has 0 aliphatic heterocycles. The molecule has 0 radical (unpaired) electrons. The summed E-state index contributed by atoms with van der Waals surface area (Å²) in [4.78, 5) is 0. The Balaban J connectivity index is 3.51. The molecule has 158 valence electrons. The lowest BCUT2D eigenvalue weighted by Crippen LogP contribution is -2.20. The zero-order valence-electron chi connectivity index (χ0n) is 18.4. The Morgan fingerprint density at radius 3 is 1.50 bits per heavy atom. The van der Waals surface area contributed by atoms with Crippen molar-refractivity contribution in [2.45, 2.75) is 105 Å². The van der Waals surface area contributed by atoms with E-state index < -0.39 is 6.10 Å². The fourth-order valence-electron chi connectivity index (χ4n) is 3.49. The van der Waals surface area contributed by atoms with Crippen molar-refractivity contribution in [1.29, 1.82) is 0 Å². The van der Waals surface area contributed by atoms with Gasteiger partial charge in [0.15, 0.2) is 0 Å². The van der Waals surface area contributed by atoms with Crippen molar-refractivity contribution in [3.8, 4) is 0 Å². The smallest absolute Gasteiger partial charge is 0.100 e. The summed E-state index contributed by atoms with van der Waals surface area (Å²) in [7, 11) is 0. The van der Waals surface area contributed by atoms with E-state index in [4.69, 9.17) is 9.84 Å². The summed E-state index contributed by atoms with van der Waals surface area (Å²) >= 11 is 0. The topological polar surface area (TPSA) is 49.7 Å². The van der Waals surface area contributed by atoms with Gasteiger partial charge in [-0.15, -0.1) is 0 Å². The molecule has 0 heterocycles. The van der Waals surface area contributed by atoms with E-state index in [0.29, 0.717) is 12.5 Å². The van der Waals surface area contributed by atoms with E-state index in [1.807, 2.05) is 0 Å². The van der Waals surface area contributed by atoms with Crippen molar-refractivity contribution in [1.82, 2.24) is 0 Å². The molecule has 0 rings (SSSR count). The molecule has 3 heteroatoms. The SMILES string of the molecule is CC(C)CCC[C@@H](C)CCC[C@@H](C)CCC[C@@H](C)CCOC[C@@H](O)CO. The van der Waals surface area contributed by atoms with Gasteiger partial charge in [0.2, 0.25) is 0 Å². The number of rotatable bonds is 18. The minimum absolute atomic E-state index is 0.218. The van der Waals surface area contributed by atoms with Crippen LogP contribution < -0.4 is 0 Å². The summed E-state index contributed by atoms with van der Waals surface area (Å²) < 4.78 is 5.39. The number of hydrogen-bond acceptors (Lipinski definition) is 3. The molecular formula is C23H48O3. The fraction of sp³-hybridized carbons (Fsp3) is 1.00. The first-order valence-electron chi connectivity index (χ1n) is 11.2. The van der Waals surface area contributed by atoms with E-state index in [-0.39, 0.29) is 13.2 Å². The van der Waals surface area contributed by atoms with Crippen LogP contribution >= 0.6 is 0 Å². The maximum atomic E-state index is 9.22. The second-order valence-electron chi connectivity index (χ2n) is 9.20. The van der Waals surface area contributed by atoms with Crippen LogP contribution in [0.4, 0.5) is 0 Å². The second-order valence-corrected chi connectivity index (χ2v) is 9.20. The van der Waals surface area contributed by atoms with Gasteiger partial charge in [0, 0.05) is 6.61 Å². The summed E-state index contributed by atoms with van der Waals surface area (Å²) in [5, 5.41) is 18.0. The molecule has 4 atom stereocenters. The zero-order chi connectivity index (χ0) is 19.8. The van der Waals surface area contributed by atoms with Gasteiger partial charge >= 0.3 is 0 Å². The van der Waals surface area contributed by atoms with Gasteiger partial charge in [0.05, 0.1) is 13.2 Å². The quantitative estimate of drug-likeness (QED) is 0.298. The van der Waals surface area contributed by atoms with Gasteiger partial charge in [-0.3, -0.25) is 0 Å². The molecule has 0 aromatic rings. The van der Waals surface area contributed by atoms with Gasteiger partial charge in [-0.1, -0.05) is 92.4 Å². The molecule has 3 nitrogen and oxygen atoms in total. The zero-order valence-corrected chi connectivity index (χ0v) is 18.4. The molecule has 0 bridgehead atoms. The van der Waals surface area contributed by atoms with Crippen molar-refractivity contribution in [3.63, 3.8) is 0 Å². The minimum Gasteiger partial charge on any atom is -0.394 e. The van der Waals surface area contributed by atoms with Gasteiger partial charge in [0.25, 0.3) is 0 Å². The Labute approximate surface area is 163 Å². The van der Waals surface area contributed by atoms with Gasteiger partial charge in [-0.25, -0.2) is 0 Å². The van der Waals surface area contributed by atoms with Crippen LogP contribution in [0.25, 0.3) is 0 Å². The van der Waals surface area contributed by atoms with Crippen LogP contribution in [0.15, 0.2) is 0 Å². The minimum atomic E-state index is -0.732. The van der Waals surface area contributed by atoms with Crippen LogP contribution in [0.5, 0.6) is 0 Å². The normalized spacial score (nSPS) is 16.6. The predicted molar refractivity (Wildman–Crippen MR) is 112 cm³/mol. The Bertz CT molecular complexity index is 293. The van der Waals surface area contributed by atoms with Crippen LogP contribution in [0.1, 0.15) is 98.8 Å². The molecule has 0 aromatic heterocycles. The molecule has 0 saturated carbocycles. The molecular weight excluding hydrogens is 324 g/mol. The van der Waals surface area contributed by atoms with Crippen molar-refractivity contribution < 1.29 is 14.9 Å². The summed E-state index contributed by atoms with van der Waals surface area (Å²) in [5.74, 6) is 3.27. The molecule has 0 aromatic carbocycles. The van der Waals surface area contributed by atoms with E-state index in [1.165, 1.54) is 57.8 Å². The summed E-state index contributed by atoms with van der Waals surface area (Å²) in [6.45, 7) is 12.5. The predicted octanol–water partition coefficient (Wildman–Crippen LogP) is 5.82. The fourth-order valence-corrected chi connectivity index (χ4v) is 3.49. The van der Waals surface area contributed by atoms with E-state index in [9.17, 15) is 5.11 Å². The highest BCUT2D eigenvalue weighted by Crippen LogP contribution is 2.22. The van der Waals surface area contributed by atoms with E-state index in [1.54, 1.807) is 0 Å². The van der Waals surface area contributed by atoms with E-state index in [2.05, 4.69) is 34.6 Å². The van der Waals surface area contributed by atoms with Crippen LogP contribution in [0.2, 0.25) is 0 Å². The standard InChI is InChI=1S/C23H48O3/c1-19(2)9-6-10-20(3)11-7-12-21(4)13-8-14-22(5)15-16-26-18-23(25)17-24/h19-25H,6-18H2,1-5H3/t20-,21-,22-,23+/m1/s1. The summed E-state index contributed by atoms with van der Waals surface area (Å²) in [5.41, 5.74) is 0. The number of ether oxygens (including phenoxy) is 1. The third-order valence-corrected chi connectivity index (χ3v) is 5.54. The molecule has 26 heavy (non-hydrogen) atoms. The van der Waals surface area contributed by atoms with Gasteiger partial charge in [-0.2, -0.15) is 0 Å². The lowest BCUT2D eigenvalue weighted by atomic mass is 9.91. The third kappa shape index (κ3) is 17.3. The average Bonchev–Trinajstić information content (AvgIpc) is 2.58. The Morgan fingerprint density at radius 1 is 0.654 bits per heavy atom. The molecule has 2 N–H and O–H groups in total. The highest BCUT2D eigenvalue weighted by atomic mass is 16.5. The Kier molecular flexibility index (Phi) is 16.9. The Hall–Kier alpha value is -0.120.